The van der Waals surface area contributed by atoms with Crippen LogP contribution in [0.3, 0.4) is 0 Å². The van der Waals surface area contributed by atoms with Gasteiger partial charge in [0.2, 0.25) is 11.9 Å². The van der Waals surface area contributed by atoms with E-state index in [2.05, 4.69) is 20.3 Å². The Morgan fingerprint density at radius 1 is 1.15 bits per heavy atom. The highest BCUT2D eigenvalue weighted by atomic mass is 35.5. The van der Waals surface area contributed by atoms with Gasteiger partial charge in [0.15, 0.2) is 11.5 Å². The van der Waals surface area contributed by atoms with Gasteiger partial charge in [0, 0.05) is 65.2 Å². The van der Waals surface area contributed by atoms with E-state index in [0.29, 0.717) is 43.0 Å². The molecule has 1 atom stereocenters. The SMILES string of the molecule is CN(C)S(=O)(=O)N1CCN(c2cc(Cl)nc(-n3ccnc3)n2)C(CC(=O)NCc2ccc3c(c2)OCCO3)C1. The number of benzene rings is 1. The summed E-state index contributed by atoms with van der Waals surface area (Å²) in [7, 11) is -0.710. The van der Waals surface area contributed by atoms with E-state index in [0.717, 1.165) is 5.56 Å². The van der Waals surface area contributed by atoms with E-state index < -0.39 is 16.3 Å². The van der Waals surface area contributed by atoms with Crippen molar-refractivity contribution in [3.05, 3.63) is 53.7 Å². The number of carbonyl (C=O) groups excluding carboxylic acids is 1. The summed E-state index contributed by atoms with van der Waals surface area (Å²) in [5.74, 6) is 1.89. The zero-order valence-electron chi connectivity index (χ0n) is 21.5. The first-order valence-electron chi connectivity index (χ1n) is 12.3. The van der Waals surface area contributed by atoms with Gasteiger partial charge in [-0.15, -0.1) is 0 Å². The minimum atomic E-state index is -3.68. The van der Waals surface area contributed by atoms with E-state index in [1.807, 2.05) is 23.1 Å². The number of hydrogen-bond donors (Lipinski definition) is 1. The molecule has 1 unspecified atom stereocenters. The van der Waals surface area contributed by atoms with Gasteiger partial charge in [-0.25, -0.2) is 9.97 Å². The molecule has 5 rings (SSSR count). The molecule has 3 aromatic rings. The van der Waals surface area contributed by atoms with Crippen LogP contribution in [0.15, 0.2) is 43.0 Å². The number of rotatable bonds is 8. The molecule has 15 heteroatoms. The highest BCUT2D eigenvalue weighted by Gasteiger charge is 2.36. The first-order chi connectivity index (χ1) is 18.7. The lowest BCUT2D eigenvalue weighted by molar-refractivity contribution is -0.121. The van der Waals surface area contributed by atoms with Crippen LogP contribution in [0, 0.1) is 0 Å². The number of piperazine rings is 1. The Kier molecular flexibility index (Phi) is 7.88. The average molecular weight is 577 g/mol. The molecule has 1 amide bonds. The molecular formula is C24H29ClN8O5S. The fourth-order valence-corrected chi connectivity index (χ4v) is 5.77. The Morgan fingerprint density at radius 2 is 1.95 bits per heavy atom. The maximum absolute atomic E-state index is 13.1. The molecule has 13 nitrogen and oxygen atoms in total. The van der Waals surface area contributed by atoms with Crippen molar-refractivity contribution in [2.45, 2.75) is 19.0 Å². The van der Waals surface area contributed by atoms with Crippen LogP contribution < -0.4 is 19.7 Å². The minimum absolute atomic E-state index is 0.0338. The van der Waals surface area contributed by atoms with Crippen LogP contribution >= 0.6 is 11.6 Å². The summed E-state index contributed by atoms with van der Waals surface area (Å²) in [6, 6.07) is 6.63. The zero-order chi connectivity index (χ0) is 27.6. The van der Waals surface area contributed by atoms with E-state index in [4.69, 9.17) is 21.1 Å². The summed E-state index contributed by atoms with van der Waals surface area (Å²) < 4.78 is 41.2. The molecule has 1 N–H and O–H groups in total. The number of anilines is 1. The van der Waals surface area contributed by atoms with Gasteiger partial charge in [0.05, 0.1) is 6.04 Å². The predicted molar refractivity (Wildman–Crippen MR) is 143 cm³/mol. The summed E-state index contributed by atoms with van der Waals surface area (Å²) in [4.78, 5) is 27.9. The summed E-state index contributed by atoms with van der Waals surface area (Å²) >= 11 is 6.33. The van der Waals surface area contributed by atoms with Gasteiger partial charge in [0.1, 0.15) is 30.5 Å². The molecule has 2 aliphatic rings. The van der Waals surface area contributed by atoms with Crippen LogP contribution in [-0.4, -0.2) is 95.4 Å². The molecule has 2 aliphatic heterocycles. The molecule has 0 aliphatic carbocycles. The number of carbonyl (C=O) groups is 1. The van der Waals surface area contributed by atoms with Crippen LogP contribution in [-0.2, 0) is 21.5 Å². The molecule has 1 aromatic carbocycles. The topological polar surface area (TPSA) is 135 Å². The monoisotopic (exact) mass is 576 g/mol. The van der Waals surface area contributed by atoms with E-state index in [-0.39, 0.29) is 37.1 Å². The normalized spacial score (nSPS) is 17.8. The van der Waals surface area contributed by atoms with E-state index in [9.17, 15) is 13.2 Å². The Hall–Kier alpha value is -3.46. The number of nitrogens with one attached hydrogen (secondary N) is 1. The Balaban J connectivity index is 1.35. The van der Waals surface area contributed by atoms with Crippen molar-refractivity contribution >= 4 is 33.5 Å². The molecular weight excluding hydrogens is 548 g/mol. The van der Waals surface area contributed by atoms with Crippen molar-refractivity contribution in [2.75, 3.05) is 51.8 Å². The van der Waals surface area contributed by atoms with Gasteiger partial charge in [-0.05, 0) is 17.7 Å². The Morgan fingerprint density at radius 3 is 2.69 bits per heavy atom. The van der Waals surface area contributed by atoms with Crippen molar-refractivity contribution in [3.63, 3.8) is 0 Å². The number of nitrogens with zero attached hydrogens (tertiary/aromatic N) is 7. The lowest BCUT2D eigenvalue weighted by Crippen LogP contribution is -2.58. The second kappa shape index (κ2) is 11.3. The van der Waals surface area contributed by atoms with E-state index in [1.54, 1.807) is 29.4 Å². The number of hydrogen-bond acceptors (Lipinski definition) is 9. The molecule has 0 spiro atoms. The Bertz CT molecular complexity index is 1440. The van der Waals surface area contributed by atoms with E-state index in [1.165, 1.54) is 22.7 Å². The number of imidazole rings is 1. The molecule has 39 heavy (non-hydrogen) atoms. The highest BCUT2D eigenvalue weighted by Crippen LogP contribution is 2.31. The maximum Gasteiger partial charge on any atom is 0.281 e. The number of halogens is 1. The summed E-state index contributed by atoms with van der Waals surface area (Å²) in [6.07, 6.45) is 4.88. The van der Waals surface area contributed by atoms with Crippen LogP contribution in [0.1, 0.15) is 12.0 Å². The molecule has 1 saturated heterocycles. The van der Waals surface area contributed by atoms with Crippen molar-refractivity contribution in [1.29, 1.82) is 0 Å². The van der Waals surface area contributed by atoms with Crippen molar-refractivity contribution < 1.29 is 22.7 Å². The third kappa shape index (κ3) is 6.08. The van der Waals surface area contributed by atoms with Gasteiger partial charge in [-0.2, -0.15) is 22.0 Å². The lowest BCUT2D eigenvalue weighted by Gasteiger charge is -2.41. The molecule has 1 fully saturated rings. The van der Waals surface area contributed by atoms with Crippen molar-refractivity contribution in [3.8, 4) is 17.4 Å². The van der Waals surface area contributed by atoms with Gasteiger partial charge < -0.3 is 19.7 Å². The first kappa shape index (κ1) is 27.1. The number of amides is 1. The zero-order valence-corrected chi connectivity index (χ0v) is 23.1. The lowest BCUT2D eigenvalue weighted by atomic mass is 10.1. The van der Waals surface area contributed by atoms with Gasteiger partial charge in [0.25, 0.3) is 10.2 Å². The van der Waals surface area contributed by atoms with Crippen molar-refractivity contribution in [2.24, 2.45) is 0 Å². The summed E-state index contributed by atoms with van der Waals surface area (Å²) in [6.45, 7) is 1.89. The molecule has 0 radical (unpaired) electrons. The van der Waals surface area contributed by atoms with Crippen LogP contribution in [0.5, 0.6) is 11.5 Å². The molecule has 4 heterocycles. The van der Waals surface area contributed by atoms with Crippen molar-refractivity contribution in [1.82, 2.24) is 33.4 Å². The molecule has 2 aromatic heterocycles. The minimum Gasteiger partial charge on any atom is -0.486 e. The van der Waals surface area contributed by atoms with Crippen LogP contribution in [0.2, 0.25) is 5.15 Å². The molecule has 0 bridgehead atoms. The molecule has 0 saturated carbocycles. The van der Waals surface area contributed by atoms with Gasteiger partial charge >= 0.3 is 0 Å². The summed E-state index contributed by atoms with van der Waals surface area (Å²) in [5, 5.41) is 3.15. The second-order valence-corrected chi connectivity index (χ2v) is 11.8. The third-order valence-electron chi connectivity index (χ3n) is 6.45. The standard InChI is InChI=1S/C24H29ClN8O5S/c1-30(2)39(35,36)32-7-8-33(22-13-21(25)28-24(29-22)31-6-5-26-16-31)18(15-32)12-23(34)27-14-17-3-4-19-20(11-17)38-10-9-37-19/h3-6,11,13,16,18H,7-10,12,14-15H2,1-2H3,(H,27,34). The fourth-order valence-electron chi connectivity index (χ4n) is 4.46. The average Bonchev–Trinajstić information content (AvgIpc) is 3.47. The Labute approximate surface area is 231 Å². The van der Waals surface area contributed by atoms with Gasteiger partial charge in [-0.3, -0.25) is 9.36 Å². The predicted octanol–water partition coefficient (Wildman–Crippen LogP) is 1.09. The molecule has 208 valence electrons. The first-order valence-corrected chi connectivity index (χ1v) is 14.1. The van der Waals surface area contributed by atoms with Crippen LogP contribution in [0.4, 0.5) is 5.82 Å². The van der Waals surface area contributed by atoms with Crippen LogP contribution in [0.25, 0.3) is 5.95 Å². The number of aromatic nitrogens is 4. The largest absolute Gasteiger partial charge is 0.486 e. The van der Waals surface area contributed by atoms with E-state index >= 15 is 0 Å². The maximum atomic E-state index is 13.1. The summed E-state index contributed by atoms with van der Waals surface area (Å²) in [5.41, 5.74) is 0.859. The number of ether oxygens (including phenoxy) is 2. The quantitative estimate of drug-likeness (QED) is 0.391. The highest BCUT2D eigenvalue weighted by molar-refractivity contribution is 7.86. The fraction of sp³-hybridized carbons (Fsp3) is 0.417. The smallest absolute Gasteiger partial charge is 0.281 e. The third-order valence-corrected chi connectivity index (χ3v) is 8.55. The number of fused-ring (bicyclic) bond motifs is 1. The van der Waals surface area contributed by atoms with Gasteiger partial charge in [-0.1, -0.05) is 17.7 Å². The second-order valence-electron chi connectivity index (χ2n) is 9.27.